The number of Topliss-reactive ketones (excluding diaryl/α,β-unsaturated/α-hetero) is 1. The van der Waals surface area contributed by atoms with Crippen LogP contribution in [0.5, 0.6) is 0 Å². The van der Waals surface area contributed by atoms with Crippen molar-refractivity contribution in [3.63, 3.8) is 0 Å². The van der Waals surface area contributed by atoms with Crippen molar-refractivity contribution in [3.05, 3.63) is 48.2 Å². The zero-order chi connectivity index (χ0) is 18.6. The van der Waals surface area contributed by atoms with Gasteiger partial charge in [0.2, 0.25) is 0 Å². The number of carbonyl (C=O) groups excluding carboxylic acids is 2. The lowest BCUT2D eigenvalue weighted by molar-refractivity contribution is 0.0785. The molecule has 2 aromatic rings. The van der Waals surface area contributed by atoms with Crippen molar-refractivity contribution >= 4 is 17.5 Å². The van der Waals surface area contributed by atoms with Gasteiger partial charge < -0.3 is 9.80 Å². The van der Waals surface area contributed by atoms with Crippen molar-refractivity contribution in [1.29, 1.82) is 0 Å². The summed E-state index contributed by atoms with van der Waals surface area (Å²) in [7, 11) is 0. The van der Waals surface area contributed by atoms with Crippen molar-refractivity contribution in [2.75, 3.05) is 31.1 Å². The van der Waals surface area contributed by atoms with Gasteiger partial charge in [-0.3, -0.25) is 19.6 Å². The Hall–Kier alpha value is -2.83. The Balaban J connectivity index is 1.49. The van der Waals surface area contributed by atoms with Crippen LogP contribution in [0.15, 0.2) is 36.8 Å². The van der Waals surface area contributed by atoms with E-state index in [1.807, 2.05) is 17.0 Å². The summed E-state index contributed by atoms with van der Waals surface area (Å²) >= 11 is 0. The summed E-state index contributed by atoms with van der Waals surface area (Å²) in [5, 5.41) is 0. The third kappa shape index (κ3) is 3.82. The van der Waals surface area contributed by atoms with Crippen LogP contribution < -0.4 is 4.90 Å². The second kappa shape index (κ2) is 7.82. The van der Waals surface area contributed by atoms with Crippen LogP contribution in [-0.2, 0) is 0 Å². The largest absolute Gasteiger partial charge is 0.355 e. The van der Waals surface area contributed by atoms with Crippen LogP contribution in [0.25, 0.3) is 0 Å². The molecule has 2 fully saturated rings. The number of hydrogen-bond acceptors (Lipinski definition) is 6. The van der Waals surface area contributed by atoms with Gasteiger partial charge in [-0.25, -0.2) is 4.98 Å². The molecule has 2 aliphatic rings. The fourth-order valence-electron chi connectivity index (χ4n) is 3.81. The van der Waals surface area contributed by atoms with Crippen LogP contribution >= 0.6 is 0 Å². The molecule has 1 unspecified atom stereocenters. The van der Waals surface area contributed by atoms with Gasteiger partial charge in [-0.15, -0.1) is 0 Å². The van der Waals surface area contributed by atoms with Crippen LogP contribution in [0.2, 0.25) is 0 Å². The van der Waals surface area contributed by atoms with Crippen molar-refractivity contribution < 1.29 is 9.59 Å². The molecule has 1 atom stereocenters. The van der Waals surface area contributed by atoms with E-state index in [4.69, 9.17) is 0 Å². The number of anilines is 1. The number of piperidine rings is 1. The lowest BCUT2D eigenvalue weighted by atomic mass is 9.92. The number of hydrogen-bond donors (Lipinski definition) is 0. The normalized spacial score (nSPS) is 19.9. The van der Waals surface area contributed by atoms with Crippen molar-refractivity contribution in [2.45, 2.75) is 25.7 Å². The second-order valence-corrected chi connectivity index (χ2v) is 7.13. The molecule has 0 bridgehead atoms. The Kier molecular flexibility index (Phi) is 5.09. The van der Waals surface area contributed by atoms with Gasteiger partial charge >= 0.3 is 0 Å². The molecule has 7 nitrogen and oxygen atoms in total. The smallest absolute Gasteiger partial charge is 0.274 e. The van der Waals surface area contributed by atoms with Crippen LogP contribution in [-0.4, -0.2) is 57.7 Å². The van der Waals surface area contributed by atoms with E-state index in [1.165, 1.54) is 6.20 Å². The molecule has 27 heavy (non-hydrogen) atoms. The predicted octanol–water partition coefficient (Wildman–Crippen LogP) is 2.21. The maximum Gasteiger partial charge on any atom is 0.274 e. The molecule has 0 aromatic carbocycles. The van der Waals surface area contributed by atoms with E-state index >= 15 is 0 Å². The predicted molar refractivity (Wildman–Crippen MR) is 101 cm³/mol. The summed E-state index contributed by atoms with van der Waals surface area (Å²) in [5.74, 6) is 0.560. The van der Waals surface area contributed by atoms with Gasteiger partial charge in [0.25, 0.3) is 5.91 Å². The molecule has 0 aliphatic carbocycles. The maximum absolute atomic E-state index is 12.7. The molecule has 1 amide bonds. The number of likely N-dealkylation sites (tertiary alicyclic amines) is 1. The molecule has 7 heteroatoms. The topological polar surface area (TPSA) is 79.3 Å². The van der Waals surface area contributed by atoms with Gasteiger partial charge in [-0.05, 0) is 37.8 Å². The lowest BCUT2D eigenvalue weighted by Gasteiger charge is -2.32. The fraction of sp³-hybridized carbons (Fsp3) is 0.450. The summed E-state index contributed by atoms with van der Waals surface area (Å²) < 4.78 is 0. The molecule has 2 aromatic heterocycles. The summed E-state index contributed by atoms with van der Waals surface area (Å²) in [6.07, 6.45) is 8.68. The minimum absolute atomic E-state index is 0.0556. The van der Waals surface area contributed by atoms with E-state index in [0.717, 1.165) is 45.3 Å². The Morgan fingerprint density at radius 3 is 2.63 bits per heavy atom. The van der Waals surface area contributed by atoms with Gasteiger partial charge in [-0.1, -0.05) is 6.07 Å². The van der Waals surface area contributed by atoms with E-state index in [2.05, 4.69) is 19.9 Å². The standard InChI is InChI=1S/C20H23N5O2/c26-19(16-7-1-2-8-22-16)15-6-5-11-25(14-15)18-13-21-12-17(23-18)20(27)24-9-3-4-10-24/h1-2,7-8,12-13,15H,3-6,9-11,14H2. The van der Waals surface area contributed by atoms with Crippen molar-refractivity contribution in [2.24, 2.45) is 5.92 Å². The number of aromatic nitrogens is 3. The number of carbonyl (C=O) groups is 2. The zero-order valence-electron chi connectivity index (χ0n) is 15.3. The average molecular weight is 365 g/mol. The molecule has 4 rings (SSSR count). The number of nitrogens with zero attached hydrogens (tertiary/aromatic N) is 5. The molecule has 2 saturated heterocycles. The van der Waals surface area contributed by atoms with E-state index < -0.39 is 0 Å². The van der Waals surface area contributed by atoms with Crippen LogP contribution in [0, 0.1) is 5.92 Å². The highest BCUT2D eigenvalue weighted by Crippen LogP contribution is 2.24. The van der Waals surface area contributed by atoms with E-state index in [1.54, 1.807) is 18.5 Å². The quantitative estimate of drug-likeness (QED) is 0.773. The first-order chi connectivity index (χ1) is 13.2. The molecule has 4 heterocycles. The SMILES string of the molecule is O=C(c1ccccn1)C1CCCN(c2cncc(C(=O)N3CCCC3)n2)C1. The summed E-state index contributed by atoms with van der Waals surface area (Å²) in [6, 6.07) is 5.40. The maximum atomic E-state index is 12.7. The van der Waals surface area contributed by atoms with E-state index in [9.17, 15) is 9.59 Å². The fourth-order valence-corrected chi connectivity index (χ4v) is 3.81. The van der Waals surface area contributed by atoms with Crippen molar-refractivity contribution in [3.8, 4) is 0 Å². The molecular weight excluding hydrogens is 342 g/mol. The number of rotatable bonds is 4. The van der Waals surface area contributed by atoms with Crippen molar-refractivity contribution in [1.82, 2.24) is 19.9 Å². The Labute approximate surface area is 158 Å². The van der Waals surface area contributed by atoms with Gasteiger partial charge in [0.1, 0.15) is 17.2 Å². The van der Waals surface area contributed by atoms with Gasteiger partial charge in [0.05, 0.1) is 12.4 Å². The number of ketones is 1. The molecule has 2 aliphatic heterocycles. The van der Waals surface area contributed by atoms with Gasteiger partial charge in [0, 0.05) is 38.3 Å². The Bertz CT molecular complexity index is 820. The first-order valence-corrected chi connectivity index (χ1v) is 9.54. The molecule has 140 valence electrons. The zero-order valence-corrected chi connectivity index (χ0v) is 15.3. The molecular formula is C20H23N5O2. The van der Waals surface area contributed by atoms with Gasteiger partial charge in [0.15, 0.2) is 5.78 Å². The lowest BCUT2D eigenvalue weighted by Crippen LogP contribution is -2.39. The first kappa shape index (κ1) is 17.6. The van der Waals surface area contributed by atoms with Gasteiger partial charge in [-0.2, -0.15) is 0 Å². The highest BCUT2D eigenvalue weighted by Gasteiger charge is 2.29. The first-order valence-electron chi connectivity index (χ1n) is 9.54. The minimum Gasteiger partial charge on any atom is -0.355 e. The van der Waals surface area contributed by atoms with E-state index in [0.29, 0.717) is 23.8 Å². The van der Waals surface area contributed by atoms with E-state index in [-0.39, 0.29) is 17.6 Å². The summed E-state index contributed by atoms with van der Waals surface area (Å²) in [4.78, 5) is 42.2. The Morgan fingerprint density at radius 1 is 1.00 bits per heavy atom. The molecule has 0 radical (unpaired) electrons. The summed E-state index contributed by atoms with van der Waals surface area (Å²) in [5.41, 5.74) is 0.890. The third-order valence-electron chi connectivity index (χ3n) is 5.27. The number of amides is 1. The number of pyridine rings is 1. The Morgan fingerprint density at radius 2 is 1.85 bits per heavy atom. The highest BCUT2D eigenvalue weighted by atomic mass is 16.2. The highest BCUT2D eigenvalue weighted by molar-refractivity contribution is 5.96. The average Bonchev–Trinajstić information content (AvgIpc) is 3.28. The minimum atomic E-state index is -0.117. The summed E-state index contributed by atoms with van der Waals surface area (Å²) in [6.45, 7) is 2.96. The molecule has 0 saturated carbocycles. The molecule has 0 N–H and O–H groups in total. The van der Waals surface area contributed by atoms with Crippen LogP contribution in [0.4, 0.5) is 5.82 Å². The second-order valence-electron chi connectivity index (χ2n) is 7.13. The monoisotopic (exact) mass is 365 g/mol. The van der Waals surface area contributed by atoms with Crippen LogP contribution in [0.3, 0.4) is 0 Å². The third-order valence-corrected chi connectivity index (χ3v) is 5.27. The molecule has 0 spiro atoms. The van der Waals surface area contributed by atoms with Crippen LogP contribution in [0.1, 0.15) is 46.7 Å².